The summed E-state index contributed by atoms with van der Waals surface area (Å²) in [5, 5.41) is 9.47. The van der Waals surface area contributed by atoms with Crippen molar-refractivity contribution in [2.24, 2.45) is 0 Å². The fourth-order valence-electron chi connectivity index (χ4n) is 1.13. The van der Waals surface area contributed by atoms with E-state index in [0.717, 1.165) is 0 Å². The summed E-state index contributed by atoms with van der Waals surface area (Å²) in [6.45, 7) is 5.62. The van der Waals surface area contributed by atoms with Crippen LogP contribution in [0.4, 0.5) is 0 Å². The van der Waals surface area contributed by atoms with Crippen molar-refractivity contribution in [2.75, 3.05) is 0 Å². The molecule has 0 aromatic heterocycles. The summed E-state index contributed by atoms with van der Waals surface area (Å²) in [7, 11) is -2.39. The summed E-state index contributed by atoms with van der Waals surface area (Å²) in [6.07, 6.45) is 3.12. The Labute approximate surface area is 90.4 Å². The van der Waals surface area contributed by atoms with E-state index in [2.05, 4.69) is 0 Å². The number of aliphatic hydroxyl groups excluding tert-OH is 1. The van der Waals surface area contributed by atoms with Crippen LogP contribution in [0, 0.1) is 0 Å². The zero-order valence-electron chi connectivity index (χ0n) is 8.89. The minimum absolute atomic E-state index is 0.0451. The number of rotatable bonds is 1. The molecule has 1 atom stereocenters. The molecule has 0 fully saturated rings. The first-order valence-corrected chi connectivity index (χ1v) is 5.60. The van der Waals surface area contributed by atoms with Gasteiger partial charge in [0.2, 0.25) is 10.3 Å². The molecule has 1 rings (SSSR count). The van der Waals surface area contributed by atoms with E-state index < -0.39 is 16.4 Å². The van der Waals surface area contributed by atoms with E-state index >= 15 is 0 Å². The third-order valence-electron chi connectivity index (χ3n) is 1.64. The van der Waals surface area contributed by atoms with Crippen molar-refractivity contribution in [3.05, 3.63) is 24.0 Å². The van der Waals surface area contributed by atoms with Crippen molar-refractivity contribution in [3.8, 4) is 0 Å². The van der Waals surface area contributed by atoms with Gasteiger partial charge in [0.1, 0.15) is 22.3 Å². The molecule has 0 aliphatic heterocycles. The van der Waals surface area contributed by atoms with Crippen LogP contribution in [0.25, 0.3) is 0 Å². The maximum atomic E-state index is 10.6. The van der Waals surface area contributed by atoms with Gasteiger partial charge in [-0.05, 0) is 39.0 Å². The molecule has 1 unspecified atom stereocenters. The Kier molecular flexibility index (Phi) is 3.36. The predicted molar refractivity (Wildman–Crippen MR) is 58.0 cm³/mol. The molecule has 1 N–H and O–H groups in total. The first-order chi connectivity index (χ1) is 6.79. The van der Waals surface area contributed by atoms with Gasteiger partial charge in [-0.3, -0.25) is 0 Å². The summed E-state index contributed by atoms with van der Waals surface area (Å²) in [6, 6.07) is 0. The fraction of sp³-hybridized carbons (Fsp3) is 0.500. The molecule has 0 heterocycles. The molecule has 5 heteroatoms. The number of aliphatic hydroxyl groups is 1. The highest BCUT2D eigenvalue weighted by Gasteiger charge is 2.19. The summed E-state index contributed by atoms with van der Waals surface area (Å²) < 4.78 is 26.8. The Morgan fingerprint density at radius 2 is 1.93 bits per heavy atom. The highest BCUT2D eigenvalue weighted by Crippen LogP contribution is 2.17. The Balaban J connectivity index is 2.91. The second kappa shape index (κ2) is 4.20. The molecule has 0 aromatic rings. The molecule has 4 nitrogen and oxygen atoms in total. The van der Waals surface area contributed by atoms with Crippen LogP contribution >= 0.6 is 0 Å². The van der Waals surface area contributed by atoms with Crippen molar-refractivity contribution in [1.29, 1.82) is 0 Å². The van der Waals surface area contributed by atoms with Crippen molar-refractivity contribution < 1.29 is 18.3 Å². The van der Waals surface area contributed by atoms with Crippen molar-refractivity contribution in [3.63, 3.8) is 0 Å². The molecule has 15 heavy (non-hydrogen) atoms. The predicted octanol–water partition coefficient (Wildman–Crippen LogP) is 0.668. The lowest BCUT2D eigenvalue weighted by Crippen LogP contribution is -2.24. The highest BCUT2D eigenvalue weighted by molar-refractivity contribution is 7.73. The fourth-order valence-corrected chi connectivity index (χ4v) is 1.58. The Bertz CT molecular complexity index is 427. The normalized spacial score (nSPS) is 21.2. The van der Waals surface area contributed by atoms with Crippen LogP contribution in [-0.2, 0) is 15.0 Å². The van der Waals surface area contributed by atoms with Gasteiger partial charge in [0.05, 0.1) is 0 Å². The van der Waals surface area contributed by atoms with Gasteiger partial charge >= 0.3 is 0 Å². The van der Waals surface area contributed by atoms with E-state index in [1.807, 2.05) is 20.8 Å². The topological polar surface area (TPSA) is 63.6 Å². The van der Waals surface area contributed by atoms with Gasteiger partial charge in [-0.1, -0.05) is 0 Å². The van der Waals surface area contributed by atoms with E-state index in [-0.39, 0.29) is 10.5 Å². The average Bonchev–Trinajstić information content (AvgIpc) is 1.99. The molecule has 0 saturated carbocycles. The Morgan fingerprint density at radius 3 is 2.33 bits per heavy atom. The van der Waals surface area contributed by atoms with E-state index in [1.54, 1.807) is 0 Å². The minimum Gasteiger partial charge on any atom is -0.488 e. The van der Waals surface area contributed by atoms with E-state index in [9.17, 15) is 13.5 Å². The van der Waals surface area contributed by atoms with E-state index in [1.165, 1.54) is 18.2 Å². The molecule has 0 spiro atoms. The molecule has 0 aromatic carbocycles. The summed E-state index contributed by atoms with van der Waals surface area (Å²) in [4.78, 5) is -0.0451. The first-order valence-electron chi connectivity index (χ1n) is 4.53. The molecule has 84 valence electrons. The van der Waals surface area contributed by atoms with Crippen LogP contribution in [0.5, 0.6) is 0 Å². The van der Waals surface area contributed by atoms with Crippen LogP contribution in [0.3, 0.4) is 0 Å². The van der Waals surface area contributed by atoms with Crippen LogP contribution in [0.2, 0.25) is 0 Å². The molecule has 1 aliphatic carbocycles. The standard InChI is InChI=1S/C10H14O4S/c1-10(2,3)14-7-4-5-9(15(12)13)8(11)6-7/h4-6,8,11H,1-3H3. The highest BCUT2D eigenvalue weighted by atomic mass is 32.2. The number of ether oxygens (including phenoxy) is 1. The molecular formula is C10H14O4S. The molecular weight excluding hydrogens is 216 g/mol. The van der Waals surface area contributed by atoms with Gasteiger partial charge in [-0.15, -0.1) is 0 Å². The monoisotopic (exact) mass is 230 g/mol. The van der Waals surface area contributed by atoms with E-state index in [0.29, 0.717) is 5.76 Å². The van der Waals surface area contributed by atoms with Gasteiger partial charge in [0.15, 0.2) is 0 Å². The lowest BCUT2D eigenvalue weighted by atomic mass is 10.1. The van der Waals surface area contributed by atoms with Gasteiger partial charge < -0.3 is 9.84 Å². The molecule has 1 aliphatic rings. The van der Waals surface area contributed by atoms with Crippen LogP contribution in [0.1, 0.15) is 20.8 Å². The minimum atomic E-state index is -2.39. The second-order valence-corrected chi connectivity index (χ2v) is 5.14. The zero-order chi connectivity index (χ0) is 11.6. The number of hydrogen-bond donors (Lipinski definition) is 1. The van der Waals surface area contributed by atoms with E-state index in [4.69, 9.17) is 4.74 Å². The molecule has 0 saturated heterocycles. The van der Waals surface area contributed by atoms with Crippen LogP contribution in [-0.4, -0.2) is 30.1 Å². The van der Waals surface area contributed by atoms with Gasteiger partial charge in [-0.25, -0.2) is 0 Å². The lowest BCUT2D eigenvalue weighted by molar-refractivity contribution is 0.0576. The largest absolute Gasteiger partial charge is 0.488 e. The maximum absolute atomic E-state index is 10.6. The van der Waals surface area contributed by atoms with Gasteiger partial charge in [-0.2, -0.15) is 8.42 Å². The first kappa shape index (κ1) is 12.0. The second-order valence-electron chi connectivity index (χ2n) is 4.20. The number of allylic oxidation sites excluding steroid dienone is 1. The maximum Gasteiger partial charge on any atom is 0.220 e. The summed E-state index contributed by atoms with van der Waals surface area (Å²) in [5.74, 6) is 0.476. The summed E-state index contributed by atoms with van der Waals surface area (Å²) in [5.41, 5.74) is -0.371. The Morgan fingerprint density at radius 1 is 1.33 bits per heavy atom. The molecule has 0 radical (unpaired) electrons. The summed E-state index contributed by atoms with van der Waals surface area (Å²) >= 11 is 0. The quantitative estimate of drug-likeness (QED) is 0.672. The molecule has 0 bridgehead atoms. The molecule has 0 amide bonds. The van der Waals surface area contributed by atoms with Gasteiger partial charge in [0, 0.05) is 0 Å². The SMILES string of the molecule is CC(C)(C)OC1=CC(O)C(=S(=O)=O)C=C1. The zero-order valence-corrected chi connectivity index (χ0v) is 9.71. The van der Waals surface area contributed by atoms with Crippen molar-refractivity contribution >= 4 is 15.2 Å². The van der Waals surface area contributed by atoms with Crippen molar-refractivity contribution in [2.45, 2.75) is 32.5 Å². The van der Waals surface area contributed by atoms with Gasteiger partial charge in [0.25, 0.3) is 0 Å². The number of hydrogen-bond acceptors (Lipinski definition) is 4. The van der Waals surface area contributed by atoms with Crippen LogP contribution in [0.15, 0.2) is 24.0 Å². The lowest BCUT2D eigenvalue weighted by Gasteiger charge is -2.24. The Hall–Kier alpha value is -1.07. The third kappa shape index (κ3) is 3.53. The smallest absolute Gasteiger partial charge is 0.220 e. The van der Waals surface area contributed by atoms with Crippen LogP contribution < -0.4 is 0 Å². The average molecular weight is 230 g/mol. The third-order valence-corrected chi connectivity index (χ3v) is 2.40. The van der Waals surface area contributed by atoms with Crippen molar-refractivity contribution in [1.82, 2.24) is 0 Å².